The Hall–Kier alpha value is -1.44. The van der Waals surface area contributed by atoms with Crippen LogP contribution in [0, 0.1) is 0 Å². The zero-order valence-corrected chi connectivity index (χ0v) is 14.8. The fourth-order valence-electron chi connectivity index (χ4n) is 3.29. The van der Waals surface area contributed by atoms with Gasteiger partial charge in [-0.25, -0.2) is 8.42 Å². The van der Waals surface area contributed by atoms with Crippen LogP contribution in [0.25, 0.3) is 0 Å². The first-order chi connectivity index (χ1) is 11.5. The van der Waals surface area contributed by atoms with Crippen molar-refractivity contribution in [1.82, 2.24) is 9.21 Å². The Bertz CT molecular complexity index is 698. The number of amides is 1. The molecule has 3 rings (SSSR count). The van der Waals surface area contributed by atoms with Crippen LogP contribution < -0.4 is 0 Å². The van der Waals surface area contributed by atoms with E-state index in [0.29, 0.717) is 31.9 Å². The van der Waals surface area contributed by atoms with Crippen molar-refractivity contribution >= 4 is 15.9 Å². The third-order valence-electron chi connectivity index (χ3n) is 4.75. The first-order valence-electron chi connectivity index (χ1n) is 8.49. The van der Waals surface area contributed by atoms with E-state index < -0.39 is 10.0 Å². The molecule has 0 aromatic heterocycles. The van der Waals surface area contributed by atoms with Crippen LogP contribution in [0.3, 0.4) is 0 Å². The third kappa shape index (κ3) is 3.48. The highest BCUT2D eigenvalue weighted by Crippen LogP contribution is 2.22. The van der Waals surface area contributed by atoms with Crippen molar-refractivity contribution in [3.63, 3.8) is 0 Å². The van der Waals surface area contributed by atoms with Crippen molar-refractivity contribution in [2.75, 3.05) is 32.8 Å². The fourth-order valence-corrected chi connectivity index (χ4v) is 4.75. The van der Waals surface area contributed by atoms with E-state index in [-0.39, 0.29) is 16.8 Å². The minimum atomic E-state index is -3.58. The summed E-state index contributed by atoms with van der Waals surface area (Å²) in [4.78, 5) is 14.8. The molecule has 2 fully saturated rings. The number of carbonyl (C=O) groups is 1. The molecule has 1 atom stereocenters. The Labute approximate surface area is 143 Å². The van der Waals surface area contributed by atoms with Crippen LogP contribution in [0.4, 0.5) is 0 Å². The average molecular weight is 352 g/mol. The monoisotopic (exact) mass is 352 g/mol. The van der Waals surface area contributed by atoms with Gasteiger partial charge in [0.15, 0.2) is 0 Å². The second-order valence-corrected chi connectivity index (χ2v) is 8.33. The van der Waals surface area contributed by atoms with Gasteiger partial charge >= 0.3 is 0 Å². The number of carbonyl (C=O) groups excluding carboxylic acids is 1. The van der Waals surface area contributed by atoms with E-state index in [9.17, 15) is 13.2 Å². The van der Waals surface area contributed by atoms with E-state index in [4.69, 9.17) is 4.74 Å². The lowest BCUT2D eigenvalue weighted by molar-refractivity contribution is 0.0635. The zero-order chi connectivity index (χ0) is 17.2. The van der Waals surface area contributed by atoms with Crippen molar-refractivity contribution in [2.24, 2.45) is 0 Å². The van der Waals surface area contributed by atoms with Gasteiger partial charge in [0, 0.05) is 31.2 Å². The molecule has 2 aliphatic heterocycles. The normalized spacial score (nSPS) is 23.2. The number of ether oxygens (including phenoxy) is 1. The fraction of sp³-hybridized carbons (Fsp3) is 0.588. The van der Waals surface area contributed by atoms with Crippen molar-refractivity contribution in [3.8, 4) is 0 Å². The molecule has 2 heterocycles. The van der Waals surface area contributed by atoms with Crippen LogP contribution in [0.2, 0.25) is 0 Å². The van der Waals surface area contributed by atoms with Gasteiger partial charge in [-0.05, 0) is 44.4 Å². The summed E-state index contributed by atoms with van der Waals surface area (Å²) in [5.41, 5.74) is 0.443. The molecular formula is C17H24N2O4S. The van der Waals surface area contributed by atoms with Crippen molar-refractivity contribution in [3.05, 3.63) is 29.8 Å². The van der Waals surface area contributed by atoms with Crippen LogP contribution in [0.1, 0.15) is 36.5 Å². The van der Waals surface area contributed by atoms with Crippen LogP contribution in [0.5, 0.6) is 0 Å². The second-order valence-electron chi connectivity index (χ2n) is 6.39. The first kappa shape index (κ1) is 17.4. The Morgan fingerprint density at radius 1 is 1.17 bits per heavy atom. The molecule has 0 bridgehead atoms. The number of piperidine rings is 1. The Morgan fingerprint density at radius 3 is 2.62 bits per heavy atom. The molecule has 0 aliphatic carbocycles. The summed E-state index contributed by atoms with van der Waals surface area (Å²) < 4.78 is 32.1. The molecule has 0 N–H and O–H groups in total. The van der Waals surface area contributed by atoms with Crippen LogP contribution in [0.15, 0.2) is 29.2 Å². The lowest BCUT2D eigenvalue weighted by Crippen LogP contribution is -2.42. The van der Waals surface area contributed by atoms with Crippen LogP contribution >= 0.6 is 0 Å². The number of hydrogen-bond donors (Lipinski definition) is 0. The minimum absolute atomic E-state index is 0.0822. The molecule has 1 aromatic carbocycles. The largest absolute Gasteiger partial charge is 0.379 e. The number of morpholine rings is 1. The number of hydrogen-bond acceptors (Lipinski definition) is 4. The standard InChI is InChI=1S/C17H24N2O4S/c1-14-5-2-3-8-19(14)17(20)15-6-4-7-16(13-15)24(21,22)18-9-11-23-12-10-18/h4,6-7,13-14H,2-3,5,8-12H2,1H3. The second kappa shape index (κ2) is 7.21. The molecule has 6 nitrogen and oxygen atoms in total. The highest BCUT2D eigenvalue weighted by Gasteiger charge is 2.28. The molecule has 2 saturated heterocycles. The average Bonchev–Trinajstić information content (AvgIpc) is 2.62. The summed E-state index contributed by atoms with van der Waals surface area (Å²) in [5, 5.41) is 0. The molecule has 0 spiro atoms. The number of nitrogens with zero attached hydrogens (tertiary/aromatic N) is 2. The number of rotatable bonds is 3. The highest BCUT2D eigenvalue weighted by atomic mass is 32.2. The third-order valence-corrected chi connectivity index (χ3v) is 6.65. The number of benzene rings is 1. The van der Waals surface area contributed by atoms with E-state index in [0.717, 1.165) is 25.8 Å². The molecule has 1 amide bonds. The Morgan fingerprint density at radius 2 is 1.92 bits per heavy atom. The summed E-state index contributed by atoms with van der Waals surface area (Å²) in [6, 6.07) is 6.61. The quantitative estimate of drug-likeness (QED) is 0.831. The van der Waals surface area contributed by atoms with Crippen molar-refractivity contribution in [1.29, 1.82) is 0 Å². The summed E-state index contributed by atoms with van der Waals surface area (Å²) in [5.74, 6) is -0.0822. The molecule has 7 heteroatoms. The zero-order valence-electron chi connectivity index (χ0n) is 14.0. The van der Waals surface area contributed by atoms with E-state index >= 15 is 0 Å². The van der Waals surface area contributed by atoms with Gasteiger partial charge in [-0.15, -0.1) is 0 Å². The number of likely N-dealkylation sites (tertiary alicyclic amines) is 1. The molecular weight excluding hydrogens is 328 g/mol. The number of sulfonamides is 1. The van der Waals surface area contributed by atoms with Gasteiger partial charge in [0.1, 0.15) is 0 Å². The molecule has 24 heavy (non-hydrogen) atoms. The summed E-state index contributed by atoms with van der Waals surface area (Å²) in [7, 11) is -3.58. The lowest BCUT2D eigenvalue weighted by atomic mass is 10.0. The predicted octanol–water partition coefficient (Wildman–Crippen LogP) is 1.72. The van der Waals surface area contributed by atoms with Gasteiger partial charge in [0.25, 0.3) is 5.91 Å². The van der Waals surface area contributed by atoms with E-state index in [2.05, 4.69) is 0 Å². The van der Waals surface area contributed by atoms with Gasteiger partial charge in [-0.2, -0.15) is 4.31 Å². The molecule has 2 aliphatic rings. The predicted molar refractivity (Wildman–Crippen MR) is 90.4 cm³/mol. The van der Waals surface area contributed by atoms with E-state index in [1.807, 2.05) is 11.8 Å². The van der Waals surface area contributed by atoms with Crippen LogP contribution in [-0.4, -0.2) is 62.4 Å². The smallest absolute Gasteiger partial charge is 0.254 e. The van der Waals surface area contributed by atoms with Gasteiger partial charge < -0.3 is 9.64 Å². The maximum Gasteiger partial charge on any atom is 0.254 e. The topological polar surface area (TPSA) is 66.9 Å². The lowest BCUT2D eigenvalue weighted by Gasteiger charge is -2.33. The van der Waals surface area contributed by atoms with Crippen LogP contribution in [-0.2, 0) is 14.8 Å². The summed E-state index contributed by atoms with van der Waals surface area (Å²) in [6.45, 7) is 4.30. The minimum Gasteiger partial charge on any atom is -0.379 e. The molecule has 0 saturated carbocycles. The Balaban J connectivity index is 1.84. The van der Waals surface area contributed by atoms with Gasteiger partial charge in [0.2, 0.25) is 10.0 Å². The highest BCUT2D eigenvalue weighted by molar-refractivity contribution is 7.89. The molecule has 1 aromatic rings. The maximum absolute atomic E-state index is 12.8. The summed E-state index contributed by atoms with van der Waals surface area (Å²) in [6.07, 6.45) is 3.13. The molecule has 0 radical (unpaired) electrons. The van der Waals surface area contributed by atoms with E-state index in [1.54, 1.807) is 18.2 Å². The molecule has 132 valence electrons. The van der Waals surface area contributed by atoms with Gasteiger partial charge in [-0.3, -0.25) is 4.79 Å². The van der Waals surface area contributed by atoms with Crippen molar-refractivity contribution < 1.29 is 17.9 Å². The van der Waals surface area contributed by atoms with Gasteiger partial charge in [-0.1, -0.05) is 6.07 Å². The Kier molecular flexibility index (Phi) is 5.22. The van der Waals surface area contributed by atoms with Gasteiger partial charge in [0.05, 0.1) is 18.1 Å². The van der Waals surface area contributed by atoms with Crippen molar-refractivity contribution in [2.45, 2.75) is 37.1 Å². The summed E-state index contributed by atoms with van der Waals surface area (Å²) >= 11 is 0. The van der Waals surface area contributed by atoms with E-state index in [1.165, 1.54) is 10.4 Å². The molecule has 1 unspecified atom stereocenters. The maximum atomic E-state index is 12.8. The SMILES string of the molecule is CC1CCCCN1C(=O)c1cccc(S(=O)(=O)N2CCOCC2)c1. The first-order valence-corrected chi connectivity index (χ1v) is 9.93.